The molecule has 3 atom stereocenters. The lowest BCUT2D eigenvalue weighted by molar-refractivity contribution is 0.0508. The Kier molecular flexibility index (Phi) is 6.55. The largest absolute Gasteiger partial charge is 0.465 e. The van der Waals surface area contributed by atoms with Crippen LogP contribution in [0.15, 0.2) is 18.2 Å². The molecule has 0 spiro atoms. The normalized spacial score (nSPS) is 20.8. The fourth-order valence-electron chi connectivity index (χ4n) is 3.82. The first-order valence-corrected chi connectivity index (χ1v) is 11.2. The van der Waals surface area contributed by atoms with Crippen molar-refractivity contribution in [3.05, 3.63) is 28.8 Å². The van der Waals surface area contributed by atoms with Gasteiger partial charge in [0.25, 0.3) is 0 Å². The van der Waals surface area contributed by atoms with Gasteiger partial charge in [0.05, 0.1) is 21.3 Å². The van der Waals surface area contributed by atoms with Gasteiger partial charge in [-0.2, -0.15) is 0 Å². The van der Waals surface area contributed by atoms with Crippen molar-refractivity contribution in [3.63, 3.8) is 0 Å². The summed E-state index contributed by atoms with van der Waals surface area (Å²) >= 11 is 1.60. The Morgan fingerprint density at radius 3 is 2.77 bits per heavy atom. The number of hydrogen-bond acceptors (Lipinski definition) is 5. The van der Waals surface area contributed by atoms with Crippen LogP contribution >= 0.6 is 11.3 Å². The van der Waals surface area contributed by atoms with E-state index in [1.54, 1.807) is 16.2 Å². The second-order valence-electron chi connectivity index (χ2n) is 9.22. The number of carboxylic acid groups (broad SMARTS) is 1. The topological polar surface area (TPSA) is 91.8 Å². The lowest BCUT2D eigenvalue weighted by Gasteiger charge is -2.37. The van der Waals surface area contributed by atoms with Crippen molar-refractivity contribution in [2.24, 2.45) is 5.92 Å². The number of thiazole rings is 1. The molecule has 1 aliphatic rings. The van der Waals surface area contributed by atoms with Crippen LogP contribution in [0, 0.1) is 5.92 Å². The molecule has 1 aromatic heterocycles. The molecular formula is C22H31N3O4S. The molecule has 1 aromatic carbocycles. The SMILES string of the molecule is C[C@H]1CC[C@H](c2ccc3sc(C[C@H](C)NC(=O)OC(C)(C)C)nc3c2)N(C(=O)O)C1. The first kappa shape index (κ1) is 22.3. The highest BCUT2D eigenvalue weighted by atomic mass is 32.1. The number of likely N-dealkylation sites (tertiary alicyclic amines) is 1. The maximum atomic E-state index is 12.0. The van der Waals surface area contributed by atoms with Crippen LogP contribution in [-0.2, 0) is 11.2 Å². The second-order valence-corrected chi connectivity index (χ2v) is 10.3. The predicted molar refractivity (Wildman–Crippen MR) is 118 cm³/mol. The lowest BCUT2D eigenvalue weighted by atomic mass is 9.90. The van der Waals surface area contributed by atoms with Crippen LogP contribution in [0.1, 0.15) is 64.1 Å². The van der Waals surface area contributed by atoms with Crippen LogP contribution in [0.5, 0.6) is 0 Å². The van der Waals surface area contributed by atoms with E-state index in [0.29, 0.717) is 18.9 Å². The first-order chi connectivity index (χ1) is 14.0. The Balaban J connectivity index is 1.71. The number of rotatable bonds is 4. The lowest BCUT2D eigenvalue weighted by Crippen LogP contribution is -2.40. The van der Waals surface area contributed by atoms with Crippen molar-refractivity contribution in [1.82, 2.24) is 15.2 Å². The summed E-state index contributed by atoms with van der Waals surface area (Å²) in [6, 6.07) is 5.82. The van der Waals surface area contributed by atoms with Crippen molar-refractivity contribution < 1.29 is 19.4 Å². The summed E-state index contributed by atoms with van der Waals surface area (Å²) in [7, 11) is 0. The van der Waals surface area contributed by atoms with Gasteiger partial charge in [-0.15, -0.1) is 11.3 Å². The molecule has 2 amide bonds. The second kappa shape index (κ2) is 8.79. The number of carbonyl (C=O) groups excluding carboxylic acids is 1. The molecular weight excluding hydrogens is 402 g/mol. The number of alkyl carbamates (subject to hydrolysis) is 1. The standard InChI is InChI=1S/C22H31N3O4S/c1-13-6-8-17(25(12-13)21(27)28)15-7-9-18-16(11-15)24-19(30-18)10-14(2)23-20(26)29-22(3,4)5/h7,9,11,13-14,17H,6,8,10,12H2,1-5H3,(H,23,26)(H,27,28)/t13-,14-,17+/m0/s1. The molecule has 0 saturated carbocycles. The third kappa shape index (κ3) is 5.62. The first-order valence-electron chi connectivity index (χ1n) is 10.4. The maximum absolute atomic E-state index is 12.0. The molecule has 30 heavy (non-hydrogen) atoms. The Morgan fingerprint density at radius 1 is 1.37 bits per heavy atom. The Morgan fingerprint density at radius 2 is 2.10 bits per heavy atom. The van der Waals surface area contributed by atoms with Gasteiger partial charge in [0.1, 0.15) is 5.60 Å². The van der Waals surface area contributed by atoms with Crippen molar-refractivity contribution in [3.8, 4) is 0 Å². The molecule has 1 fully saturated rings. The van der Waals surface area contributed by atoms with E-state index in [9.17, 15) is 14.7 Å². The quantitative estimate of drug-likeness (QED) is 0.691. The number of piperidine rings is 1. The van der Waals surface area contributed by atoms with Gasteiger partial charge in [-0.25, -0.2) is 14.6 Å². The summed E-state index contributed by atoms with van der Waals surface area (Å²) in [6.07, 6.45) is 1.15. The zero-order valence-corrected chi connectivity index (χ0v) is 19.1. The van der Waals surface area contributed by atoms with Gasteiger partial charge in [-0.05, 0) is 64.2 Å². The smallest absolute Gasteiger partial charge is 0.407 e. The van der Waals surface area contributed by atoms with E-state index < -0.39 is 17.8 Å². The van der Waals surface area contributed by atoms with E-state index in [4.69, 9.17) is 9.72 Å². The molecule has 1 aliphatic heterocycles. The molecule has 8 heteroatoms. The summed E-state index contributed by atoms with van der Waals surface area (Å²) in [4.78, 5) is 30.0. The van der Waals surface area contributed by atoms with Gasteiger partial charge in [-0.3, -0.25) is 0 Å². The molecule has 0 unspecified atom stereocenters. The number of benzene rings is 1. The van der Waals surface area contributed by atoms with Crippen LogP contribution in [0.4, 0.5) is 9.59 Å². The molecule has 0 radical (unpaired) electrons. The van der Waals surface area contributed by atoms with E-state index in [-0.39, 0.29) is 12.1 Å². The minimum absolute atomic E-state index is 0.109. The highest BCUT2D eigenvalue weighted by Gasteiger charge is 2.31. The average molecular weight is 434 g/mol. The van der Waals surface area contributed by atoms with E-state index >= 15 is 0 Å². The molecule has 0 aliphatic carbocycles. The van der Waals surface area contributed by atoms with Gasteiger partial charge in [0.2, 0.25) is 0 Å². The molecule has 0 bridgehead atoms. The van der Waals surface area contributed by atoms with Gasteiger partial charge >= 0.3 is 12.2 Å². The molecule has 2 aromatic rings. The van der Waals surface area contributed by atoms with Crippen molar-refractivity contribution in [1.29, 1.82) is 0 Å². The summed E-state index contributed by atoms with van der Waals surface area (Å²) < 4.78 is 6.36. The van der Waals surface area contributed by atoms with Gasteiger partial charge in [0, 0.05) is 19.0 Å². The number of nitrogens with one attached hydrogen (secondary N) is 1. The highest BCUT2D eigenvalue weighted by molar-refractivity contribution is 7.18. The zero-order valence-electron chi connectivity index (χ0n) is 18.3. The predicted octanol–water partition coefficient (Wildman–Crippen LogP) is 5.20. The number of amides is 2. The number of ether oxygens (including phenoxy) is 1. The van der Waals surface area contributed by atoms with Gasteiger partial charge < -0.3 is 20.1 Å². The van der Waals surface area contributed by atoms with Crippen LogP contribution in [0.2, 0.25) is 0 Å². The van der Waals surface area contributed by atoms with Crippen LogP contribution in [0.3, 0.4) is 0 Å². The third-order valence-electron chi connectivity index (χ3n) is 5.15. The molecule has 164 valence electrons. The van der Waals surface area contributed by atoms with Crippen LogP contribution < -0.4 is 5.32 Å². The Hall–Kier alpha value is -2.35. The molecule has 3 rings (SSSR count). The fraction of sp³-hybridized carbons (Fsp3) is 0.591. The molecule has 2 N–H and O–H groups in total. The highest BCUT2D eigenvalue weighted by Crippen LogP contribution is 2.35. The summed E-state index contributed by atoms with van der Waals surface area (Å²) in [5.74, 6) is 0.380. The van der Waals surface area contributed by atoms with E-state index in [0.717, 1.165) is 33.6 Å². The minimum Gasteiger partial charge on any atom is -0.465 e. The number of carbonyl (C=O) groups is 2. The summed E-state index contributed by atoms with van der Waals surface area (Å²) in [6.45, 7) is 10.1. The number of aromatic nitrogens is 1. The van der Waals surface area contributed by atoms with E-state index in [1.807, 2.05) is 45.9 Å². The summed E-state index contributed by atoms with van der Waals surface area (Å²) in [5, 5.41) is 13.4. The van der Waals surface area contributed by atoms with Crippen LogP contribution in [0.25, 0.3) is 10.2 Å². The van der Waals surface area contributed by atoms with Gasteiger partial charge in [0.15, 0.2) is 0 Å². The Labute approximate surface area is 181 Å². The summed E-state index contributed by atoms with van der Waals surface area (Å²) in [5.41, 5.74) is 1.34. The van der Waals surface area contributed by atoms with E-state index in [2.05, 4.69) is 12.2 Å². The molecule has 7 nitrogen and oxygen atoms in total. The van der Waals surface area contributed by atoms with Crippen molar-refractivity contribution in [2.75, 3.05) is 6.54 Å². The average Bonchev–Trinajstić information content (AvgIpc) is 3.00. The third-order valence-corrected chi connectivity index (χ3v) is 6.21. The van der Waals surface area contributed by atoms with Crippen LogP contribution in [-0.4, -0.2) is 45.4 Å². The maximum Gasteiger partial charge on any atom is 0.407 e. The zero-order chi connectivity index (χ0) is 22.1. The fourth-order valence-corrected chi connectivity index (χ4v) is 4.90. The monoisotopic (exact) mass is 433 g/mol. The number of hydrogen-bond donors (Lipinski definition) is 2. The molecule has 2 heterocycles. The van der Waals surface area contributed by atoms with Gasteiger partial charge in [-0.1, -0.05) is 13.0 Å². The van der Waals surface area contributed by atoms with Crippen molar-refractivity contribution >= 4 is 33.7 Å². The number of nitrogens with zero attached hydrogens (tertiary/aromatic N) is 2. The number of fused-ring (bicyclic) bond motifs is 1. The Bertz CT molecular complexity index is 921. The molecule has 1 saturated heterocycles. The van der Waals surface area contributed by atoms with E-state index in [1.165, 1.54) is 0 Å². The van der Waals surface area contributed by atoms with Crippen molar-refractivity contribution in [2.45, 2.75) is 71.6 Å². The minimum atomic E-state index is -0.868.